The fraction of sp³-hybridized carbons (Fsp3) is 0.538. The van der Waals surface area contributed by atoms with Crippen molar-refractivity contribution in [1.29, 1.82) is 0 Å². The van der Waals surface area contributed by atoms with Crippen molar-refractivity contribution in [3.63, 3.8) is 0 Å². The summed E-state index contributed by atoms with van der Waals surface area (Å²) in [7, 11) is 0. The van der Waals surface area contributed by atoms with Crippen LogP contribution in [0.5, 0.6) is 0 Å². The van der Waals surface area contributed by atoms with E-state index in [-0.39, 0.29) is 30.6 Å². The summed E-state index contributed by atoms with van der Waals surface area (Å²) < 4.78 is 7.34. The number of ether oxygens (including phenoxy) is 1. The van der Waals surface area contributed by atoms with Gasteiger partial charge in [-0.05, 0) is 24.3 Å². The topological polar surface area (TPSA) is 84.7 Å². The van der Waals surface area contributed by atoms with Gasteiger partial charge in [0.2, 0.25) is 5.78 Å². The summed E-state index contributed by atoms with van der Waals surface area (Å²) in [6.45, 7) is 7.37. The highest BCUT2D eigenvalue weighted by Crippen LogP contribution is 2.25. The average Bonchev–Trinajstić information content (AvgIpc) is 3.21. The van der Waals surface area contributed by atoms with Gasteiger partial charge in [0, 0.05) is 50.3 Å². The van der Waals surface area contributed by atoms with Crippen molar-refractivity contribution in [2.75, 3.05) is 32.8 Å². The molecule has 1 aromatic heterocycles. The predicted octanol–water partition coefficient (Wildman–Crippen LogP) is 2.49. The first kappa shape index (κ1) is 24.1. The van der Waals surface area contributed by atoms with E-state index >= 15 is 0 Å². The molecule has 0 atom stereocenters. The highest BCUT2D eigenvalue weighted by atomic mass is 16.5. The summed E-state index contributed by atoms with van der Waals surface area (Å²) in [4.78, 5) is 41.9. The van der Waals surface area contributed by atoms with Crippen molar-refractivity contribution in [2.45, 2.75) is 52.6 Å². The molecule has 4 rings (SSSR count). The first-order valence-corrected chi connectivity index (χ1v) is 12.3. The van der Waals surface area contributed by atoms with Crippen molar-refractivity contribution in [1.82, 2.24) is 19.6 Å². The standard InChI is InChI=1S/C26H34N4O4/c1-19(2)17-23(31)25(32)29-12-10-22-21(18-29)24(26(33)28-13-15-34-16-14-28)27-30(22)11-6-9-20-7-4-3-5-8-20/h3-5,7-8,19H,6,9-18H2,1-2H3. The monoisotopic (exact) mass is 466 g/mol. The van der Waals surface area contributed by atoms with E-state index in [4.69, 9.17) is 9.84 Å². The summed E-state index contributed by atoms with van der Waals surface area (Å²) >= 11 is 0. The molecule has 0 saturated carbocycles. The third-order valence-corrected chi connectivity index (χ3v) is 6.43. The van der Waals surface area contributed by atoms with Gasteiger partial charge < -0.3 is 14.5 Å². The van der Waals surface area contributed by atoms with E-state index in [9.17, 15) is 14.4 Å². The van der Waals surface area contributed by atoms with E-state index < -0.39 is 5.91 Å². The van der Waals surface area contributed by atoms with Crippen LogP contribution >= 0.6 is 0 Å². The molecule has 2 aromatic rings. The second kappa shape index (κ2) is 11.0. The molecule has 2 aliphatic rings. The van der Waals surface area contributed by atoms with E-state index in [0.29, 0.717) is 51.5 Å². The zero-order valence-corrected chi connectivity index (χ0v) is 20.2. The van der Waals surface area contributed by atoms with Crippen LogP contribution in [0.15, 0.2) is 30.3 Å². The molecule has 0 aliphatic carbocycles. The van der Waals surface area contributed by atoms with Gasteiger partial charge in [0.1, 0.15) is 0 Å². The fourth-order valence-corrected chi connectivity index (χ4v) is 4.65. The van der Waals surface area contributed by atoms with Gasteiger partial charge in [-0.3, -0.25) is 19.1 Å². The molecule has 0 radical (unpaired) electrons. The smallest absolute Gasteiger partial charge is 0.290 e. The third kappa shape index (κ3) is 5.55. The molecule has 3 heterocycles. The molecular weight excluding hydrogens is 432 g/mol. The normalized spacial score (nSPS) is 16.0. The Kier molecular flexibility index (Phi) is 7.77. The predicted molar refractivity (Wildman–Crippen MR) is 127 cm³/mol. The van der Waals surface area contributed by atoms with Crippen LogP contribution in [0.1, 0.15) is 54.0 Å². The molecule has 8 nitrogen and oxygen atoms in total. The summed E-state index contributed by atoms with van der Waals surface area (Å²) in [5.41, 5.74) is 3.47. The Morgan fingerprint density at radius 1 is 1.03 bits per heavy atom. The van der Waals surface area contributed by atoms with E-state index in [1.165, 1.54) is 5.56 Å². The van der Waals surface area contributed by atoms with E-state index in [1.54, 1.807) is 9.80 Å². The fourth-order valence-electron chi connectivity index (χ4n) is 4.65. The SMILES string of the molecule is CC(C)CC(=O)C(=O)N1CCc2c(c(C(=O)N3CCOCC3)nn2CCCc2ccccc2)C1. The largest absolute Gasteiger partial charge is 0.378 e. The number of benzene rings is 1. The highest BCUT2D eigenvalue weighted by Gasteiger charge is 2.33. The number of aromatic nitrogens is 2. The number of rotatable bonds is 8. The molecule has 1 saturated heterocycles. The molecule has 1 aromatic carbocycles. The molecule has 2 amide bonds. The first-order chi connectivity index (χ1) is 16.4. The molecule has 2 aliphatic heterocycles. The van der Waals surface area contributed by atoms with Crippen LogP contribution in [0, 0.1) is 5.92 Å². The van der Waals surface area contributed by atoms with E-state index in [2.05, 4.69) is 12.1 Å². The van der Waals surface area contributed by atoms with Crippen LogP contribution in [0.4, 0.5) is 0 Å². The maximum atomic E-state index is 13.4. The highest BCUT2D eigenvalue weighted by molar-refractivity contribution is 6.36. The van der Waals surface area contributed by atoms with Crippen molar-refractivity contribution in [3.8, 4) is 0 Å². The zero-order chi connectivity index (χ0) is 24.1. The lowest BCUT2D eigenvalue weighted by atomic mass is 10.0. The number of fused-ring (bicyclic) bond motifs is 1. The number of Topliss-reactive ketones (excluding diaryl/α,β-unsaturated/α-hetero) is 1. The van der Waals surface area contributed by atoms with Crippen molar-refractivity contribution in [3.05, 3.63) is 52.8 Å². The van der Waals surface area contributed by atoms with Crippen LogP contribution < -0.4 is 0 Å². The van der Waals surface area contributed by atoms with Gasteiger partial charge in [-0.25, -0.2) is 0 Å². The number of hydrogen-bond acceptors (Lipinski definition) is 5. The Balaban J connectivity index is 1.54. The quantitative estimate of drug-likeness (QED) is 0.558. The second-order valence-electron chi connectivity index (χ2n) is 9.49. The number of aryl methyl sites for hydroxylation is 2. The van der Waals surface area contributed by atoms with Gasteiger partial charge >= 0.3 is 0 Å². The molecule has 8 heteroatoms. The number of ketones is 1. The lowest BCUT2D eigenvalue weighted by Crippen LogP contribution is -2.43. The van der Waals surface area contributed by atoms with Gasteiger partial charge in [0.25, 0.3) is 11.8 Å². The Labute approximate surface area is 200 Å². The molecule has 34 heavy (non-hydrogen) atoms. The van der Waals surface area contributed by atoms with Crippen LogP contribution in [-0.2, 0) is 40.3 Å². The lowest BCUT2D eigenvalue weighted by molar-refractivity contribution is -0.145. The van der Waals surface area contributed by atoms with Crippen molar-refractivity contribution in [2.24, 2.45) is 5.92 Å². The number of hydrogen-bond donors (Lipinski definition) is 0. The number of morpholine rings is 1. The van der Waals surface area contributed by atoms with Crippen LogP contribution in [0.3, 0.4) is 0 Å². The minimum absolute atomic E-state index is 0.121. The molecule has 0 bridgehead atoms. The molecular formula is C26H34N4O4. The zero-order valence-electron chi connectivity index (χ0n) is 20.2. The Morgan fingerprint density at radius 3 is 2.47 bits per heavy atom. The van der Waals surface area contributed by atoms with Crippen molar-refractivity contribution < 1.29 is 19.1 Å². The maximum Gasteiger partial charge on any atom is 0.290 e. The minimum atomic E-state index is -0.457. The summed E-state index contributed by atoms with van der Waals surface area (Å²) in [5.74, 6) is -0.817. The van der Waals surface area contributed by atoms with Crippen LogP contribution in [-0.4, -0.2) is 70.0 Å². The Bertz CT molecular complexity index is 1020. The average molecular weight is 467 g/mol. The number of nitrogens with zero attached hydrogens (tertiary/aromatic N) is 4. The number of amides is 2. The Morgan fingerprint density at radius 2 is 1.76 bits per heavy atom. The van der Waals surface area contributed by atoms with E-state index in [0.717, 1.165) is 24.1 Å². The summed E-state index contributed by atoms with van der Waals surface area (Å²) in [5, 5.41) is 4.75. The third-order valence-electron chi connectivity index (χ3n) is 6.43. The molecule has 0 N–H and O–H groups in total. The molecule has 0 spiro atoms. The summed E-state index contributed by atoms with van der Waals surface area (Å²) in [6, 6.07) is 10.3. The van der Waals surface area contributed by atoms with E-state index in [1.807, 2.05) is 36.7 Å². The molecule has 182 valence electrons. The Hall–Kier alpha value is -3.00. The second-order valence-corrected chi connectivity index (χ2v) is 9.49. The van der Waals surface area contributed by atoms with Gasteiger partial charge in [0.15, 0.2) is 5.69 Å². The van der Waals surface area contributed by atoms with Crippen LogP contribution in [0.2, 0.25) is 0 Å². The van der Waals surface area contributed by atoms with Gasteiger partial charge in [-0.2, -0.15) is 5.10 Å². The number of carbonyl (C=O) groups excluding carboxylic acids is 3. The molecule has 1 fully saturated rings. The lowest BCUT2D eigenvalue weighted by Gasteiger charge is -2.29. The van der Waals surface area contributed by atoms with Crippen LogP contribution in [0.25, 0.3) is 0 Å². The van der Waals surface area contributed by atoms with Gasteiger partial charge in [-0.1, -0.05) is 44.2 Å². The summed E-state index contributed by atoms with van der Waals surface area (Å²) in [6.07, 6.45) is 2.65. The minimum Gasteiger partial charge on any atom is -0.378 e. The maximum absolute atomic E-state index is 13.4. The van der Waals surface area contributed by atoms with Crippen molar-refractivity contribution >= 4 is 17.6 Å². The first-order valence-electron chi connectivity index (χ1n) is 12.3. The number of carbonyl (C=O) groups is 3. The molecule has 0 unspecified atom stereocenters. The van der Waals surface area contributed by atoms with Gasteiger partial charge in [-0.15, -0.1) is 0 Å². The van der Waals surface area contributed by atoms with Gasteiger partial charge in [0.05, 0.1) is 19.8 Å².